The summed E-state index contributed by atoms with van der Waals surface area (Å²) in [7, 11) is 0. The van der Waals surface area contributed by atoms with Crippen LogP contribution < -0.4 is 0 Å². The molecule has 0 aliphatic heterocycles. The lowest BCUT2D eigenvalue weighted by Crippen LogP contribution is -2.27. The van der Waals surface area contributed by atoms with Crippen LogP contribution in [0, 0.1) is 83.1 Å². The van der Waals surface area contributed by atoms with Crippen molar-refractivity contribution < 1.29 is 10.2 Å². The van der Waals surface area contributed by atoms with E-state index in [-0.39, 0.29) is 5.92 Å². The molecule has 0 radical (unpaired) electrons. The van der Waals surface area contributed by atoms with Gasteiger partial charge in [0.2, 0.25) is 0 Å². The maximum Gasteiger partial charge on any atom is 0.131 e. The quantitative estimate of drug-likeness (QED) is 0.167. The Morgan fingerprint density at radius 1 is 0.386 bits per heavy atom. The molecular formula is C68H72O2. The number of benzene rings is 7. The Bertz CT molecular complexity index is 3120. The number of phenols is 1. The van der Waals surface area contributed by atoms with Gasteiger partial charge in [0, 0.05) is 17.0 Å². The number of fused-ring (bicyclic) bond motifs is 2. The first-order chi connectivity index (χ1) is 33.4. The van der Waals surface area contributed by atoms with Crippen LogP contribution in [0.3, 0.4) is 0 Å². The van der Waals surface area contributed by atoms with Gasteiger partial charge in [0.1, 0.15) is 5.75 Å². The average Bonchev–Trinajstić information content (AvgIpc) is 3.27. The first kappa shape index (κ1) is 47.5. The van der Waals surface area contributed by atoms with Crippen molar-refractivity contribution >= 4 is 5.57 Å². The monoisotopic (exact) mass is 921 g/mol. The van der Waals surface area contributed by atoms with Crippen LogP contribution in [0.1, 0.15) is 133 Å². The molecule has 0 aromatic heterocycles. The third-order valence-electron chi connectivity index (χ3n) is 16.2. The molecule has 70 heavy (non-hydrogen) atoms. The zero-order chi connectivity index (χ0) is 49.4. The highest BCUT2D eigenvalue weighted by molar-refractivity contribution is 5.92. The fourth-order valence-corrected chi connectivity index (χ4v) is 13.8. The van der Waals surface area contributed by atoms with Gasteiger partial charge in [-0.25, -0.2) is 0 Å². The van der Waals surface area contributed by atoms with E-state index in [1.54, 1.807) is 0 Å². The van der Waals surface area contributed by atoms with E-state index in [9.17, 15) is 10.2 Å². The van der Waals surface area contributed by atoms with E-state index < -0.39 is 6.10 Å². The van der Waals surface area contributed by atoms with Gasteiger partial charge in [-0.2, -0.15) is 0 Å². The highest BCUT2D eigenvalue weighted by atomic mass is 16.3. The van der Waals surface area contributed by atoms with E-state index in [0.717, 1.165) is 90.3 Å². The Labute approximate surface area is 418 Å². The van der Waals surface area contributed by atoms with Crippen molar-refractivity contribution in [3.05, 3.63) is 197 Å². The van der Waals surface area contributed by atoms with Gasteiger partial charge in [-0.3, -0.25) is 0 Å². The van der Waals surface area contributed by atoms with Gasteiger partial charge in [0.05, 0.1) is 6.10 Å². The number of allylic oxidation sites excluding steroid dienone is 2. The standard InChI is InChI=1S/C68H72O2/c1-37-21-41(5)61(42(6)22-37)53-29-51(30-54(33-53)62-43(7)23-38(2)24-44(62)8)59-35-49-17-13-15-19-57(49)65(67(59)69)66-58-20-16-14-18-50(58)36-60(68(66)70)52-31-55(63-45(9)25-39(3)26-46(63)10)34-56(32-52)64-47(11)27-40(4)28-48(64)12/h21-36,59,67,69-70H,13-20H2,1-12H3/t59?,67-/m1/s1. The fourth-order valence-electron chi connectivity index (χ4n) is 13.8. The summed E-state index contributed by atoms with van der Waals surface area (Å²) in [6.07, 6.45) is 9.64. The van der Waals surface area contributed by atoms with Crippen LogP contribution >= 0.6 is 0 Å². The summed E-state index contributed by atoms with van der Waals surface area (Å²) in [4.78, 5) is 0. The predicted molar refractivity (Wildman–Crippen MR) is 297 cm³/mol. The molecule has 0 saturated heterocycles. The Balaban J connectivity index is 1.21. The lowest BCUT2D eigenvalue weighted by molar-refractivity contribution is 0.212. The second kappa shape index (κ2) is 18.5. The minimum atomic E-state index is -0.856. The van der Waals surface area contributed by atoms with Crippen LogP contribution in [-0.2, 0) is 12.8 Å². The normalized spacial score (nSPS) is 16.8. The van der Waals surface area contributed by atoms with Gasteiger partial charge in [-0.15, -0.1) is 0 Å². The number of aliphatic hydroxyl groups excluding tert-OH is 1. The van der Waals surface area contributed by atoms with Crippen molar-refractivity contribution in [2.75, 3.05) is 0 Å². The molecule has 0 heterocycles. The Morgan fingerprint density at radius 3 is 1.20 bits per heavy atom. The lowest BCUT2D eigenvalue weighted by Gasteiger charge is -2.37. The molecule has 2 N–H and O–H groups in total. The van der Waals surface area contributed by atoms with E-state index >= 15 is 0 Å². The van der Waals surface area contributed by atoms with Crippen molar-refractivity contribution in [3.63, 3.8) is 0 Å². The average molecular weight is 921 g/mol. The molecule has 10 rings (SSSR count). The van der Waals surface area contributed by atoms with Gasteiger partial charge in [-0.05, 0) is 293 Å². The second-order valence-corrected chi connectivity index (χ2v) is 22.0. The molecule has 1 unspecified atom stereocenters. The molecule has 1 saturated carbocycles. The third-order valence-corrected chi connectivity index (χ3v) is 16.2. The summed E-state index contributed by atoms with van der Waals surface area (Å²) in [6, 6.07) is 34.8. The van der Waals surface area contributed by atoms with Crippen LogP contribution in [0.4, 0.5) is 0 Å². The zero-order valence-corrected chi connectivity index (χ0v) is 43.9. The van der Waals surface area contributed by atoms with Gasteiger partial charge in [0.15, 0.2) is 0 Å². The molecule has 3 aliphatic rings. The number of hydrogen-bond acceptors (Lipinski definition) is 2. The van der Waals surface area contributed by atoms with Crippen LogP contribution in [0.5, 0.6) is 5.75 Å². The molecule has 7 aromatic carbocycles. The smallest absolute Gasteiger partial charge is 0.131 e. The van der Waals surface area contributed by atoms with Crippen molar-refractivity contribution in [1.82, 2.24) is 0 Å². The summed E-state index contributed by atoms with van der Waals surface area (Å²) < 4.78 is 0. The number of aryl methyl sites for hydroxylation is 13. The topological polar surface area (TPSA) is 40.5 Å². The van der Waals surface area contributed by atoms with E-state index in [1.807, 2.05) is 0 Å². The molecule has 2 atom stereocenters. The lowest BCUT2D eigenvalue weighted by atomic mass is 9.69. The Hall–Kier alpha value is -6.22. The summed E-state index contributed by atoms with van der Waals surface area (Å²) in [5.74, 6) is -0.00306. The first-order valence-electron chi connectivity index (χ1n) is 26.1. The van der Waals surface area contributed by atoms with E-state index in [0.29, 0.717) is 5.75 Å². The zero-order valence-electron chi connectivity index (χ0n) is 43.9. The number of phenolic OH excluding ortho intramolecular Hbond substituents is 1. The van der Waals surface area contributed by atoms with Crippen LogP contribution in [0.25, 0.3) is 61.2 Å². The number of rotatable bonds is 7. The predicted octanol–water partition coefficient (Wildman–Crippen LogP) is 17.7. The van der Waals surface area contributed by atoms with Gasteiger partial charge < -0.3 is 10.2 Å². The molecule has 1 fully saturated rings. The summed E-state index contributed by atoms with van der Waals surface area (Å²) in [6.45, 7) is 26.6. The fraction of sp³-hybridized carbons (Fsp3) is 0.324. The molecule has 0 bridgehead atoms. The van der Waals surface area contributed by atoms with Crippen molar-refractivity contribution in [1.29, 1.82) is 0 Å². The maximum atomic E-state index is 13.5. The van der Waals surface area contributed by atoms with E-state index in [2.05, 4.69) is 180 Å². The molecular weight excluding hydrogens is 849 g/mol. The summed E-state index contributed by atoms with van der Waals surface area (Å²) in [5.41, 5.74) is 34.7. The highest BCUT2D eigenvalue weighted by Crippen LogP contribution is 2.53. The van der Waals surface area contributed by atoms with Crippen molar-refractivity contribution in [2.45, 2.75) is 146 Å². The number of aromatic hydroxyl groups is 1. The maximum absolute atomic E-state index is 13.5. The van der Waals surface area contributed by atoms with E-state index in [1.165, 1.54) is 122 Å². The van der Waals surface area contributed by atoms with Crippen molar-refractivity contribution in [2.24, 2.45) is 0 Å². The minimum Gasteiger partial charge on any atom is -0.507 e. The Morgan fingerprint density at radius 2 is 0.757 bits per heavy atom. The number of aliphatic hydroxyl groups is 1. The van der Waals surface area contributed by atoms with Gasteiger partial charge in [0.25, 0.3) is 0 Å². The SMILES string of the molecule is Cc1cc(C)c(-c2cc(-c3cc4c(c(C5=C6CCCCC6=CC(c6cc(-c7c(C)cc(C)cc7C)cc(-c7c(C)cc(C)cc7C)c6)[C@H]5O)c3O)CCCC4)cc(-c3c(C)cc(C)cc3C)c2)c(C)c1. The van der Waals surface area contributed by atoms with Gasteiger partial charge >= 0.3 is 0 Å². The molecule has 7 aromatic rings. The Kier molecular flexibility index (Phi) is 12.5. The highest BCUT2D eigenvalue weighted by Gasteiger charge is 2.37. The third kappa shape index (κ3) is 8.51. The van der Waals surface area contributed by atoms with Crippen LogP contribution in [0.2, 0.25) is 0 Å². The summed E-state index contributed by atoms with van der Waals surface area (Å²) in [5, 5.41) is 26.9. The number of hydrogen-bond donors (Lipinski definition) is 2. The van der Waals surface area contributed by atoms with Crippen LogP contribution in [0.15, 0.2) is 108 Å². The van der Waals surface area contributed by atoms with Gasteiger partial charge in [-0.1, -0.05) is 89.0 Å². The molecule has 0 amide bonds. The van der Waals surface area contributed by atoms with Crippen molar-refractivity contribution in [3.8, 4) is 61.4 Å². The second-order valence-electron chi connectivity index (χ2n) is 22.0. The molecule has 0 spiro atoms. The van der Waals surface area contributed by atoms with Crippen LogP contribution in [-0.4, -0.2) is 16.3 Å². The first-order valence-corrected chi connectivity index (χ1v) is 26.1. The molecule has 2 nitrogen and oxygen atoms in total. The summed E-state index contributed by atoms with van der Waals surface area (Å²) >= 11 is 0. The largest absolute Gasteiger partial charge is 0.507 e. The minimum absolute atomic E-state index is 0.303. The molecule has 356 valence electrons. The molecule has 3 aliphatic carbocycles. The molecule has 2 heteroatoms. The van der Waals surface area contributed by atoms with E-state index in [4.69, 9.17) is 0 Å².